The highest BCUT2D eigenvalue weighted by molar-refractivity contribution is 6.18. The summed E-state index contributed by atoms with van der Waals surface area (Å²) in [6.45, 7) is 6.16. The quantitative estimate of drug-likeness (QED) is 0.324. The van der Waals surface area contributed by atoms with E-state index in [4.69, 9.17) is 26.1 Å². The number of rotatable bonds is 6. The van der Waals surface area contributed by atoms with Gasteiger partial charge < -0.3 is 14.6 Å². The van der Waals surface area contributed by atoms with Crippen LogP contribution in [-0.2, 0) is 16.0 Å². The molecule has 0 spiro atoms. The normalized spacial score (nSPS) is 14.2. The van der Waals surface area contributed by atoms with Gasteiger partial charge in [-0.1, -0.05) is 30.3 Å². The van der Waals surface area contributed by atoms with E-state index in [9.17, 15) is 9.90 Å². The minimum atomic E-state index is -1.20. The zero-order chi connectivity index (χ0) is 24.0. The lowest BCUT2D eigenvalue weighted by molar-refractivity contribution is -0.160. The Labute approximate surface area is 203 Å². The van der Waals surface area contributed by atoms with Crippen molar-refractivity contribution in [3.05, 3.63) is 71.4 Å². The molecule has 1 N–H and O–H groups in total. The maximum atomic E-state index is 12.6. The van der Waals surface area contributed by atoms with Gasteiger partial charge >= 0.3 is 5.97 Å². The number of pyridine rings is 1. The predicted octanol–water partition coefficient (Wildman–Crippen LogP) is 6.46. The number of hydrogen-bond acceptors (Lipinski definition) is 4. The second-order valence-corrected chi connectivity index (χ2v) is 9.60. The fourth-order valence-corrected chi connectivity index (χ4v) is 4.88. The van der Waals surface area contributed by atoms with E-state index in [1.165, 1.54) is 5.56 Å². The molecule has 3 aromatic carbocycles. The average Bonchev–Trinajstić information content (AvgIpc) is 2.83. The first-order valence-electron chi connectivity index (χ1n) is 11.3. The van der Waals surface area contributed by atoms with E-state index in [0.29, 0.717) is 12.2 Å². The van der Waals surface area contributed by atoms with Gasteiger partial charge in [0.05, 0.1) is 23.6 Å². The van der Waals surface area contributed by atoms with E-state index in [1.807, 2.05) is 61.7 Å². The summed E-state index contributed by atoms with van der Waals surface area (Å²) in [5, 5.41) is 13.3. The van der Waals surface area contributed by atoms with Crippen LogP contribution in [0.3, 0.4) is 0 Å². The SMILES string of the molecule is Cc1cc2ccccc2c(-c2ccc3c4c(ccnc24)CCO3)c1[C@@H](OC(C)(C)CCl)C(=O)O. The minimum Gasteiger partial charge on any atom is -0.493 e. The van der Waals surface area contributed by atoms with Crippen LogP contribution < -0.4 is 4.74 Å². The van der Waals surface area contributed by atoms with Crippen LogP contribution in [0.4, 0.5) is 0 Å². The molecule has 0 amide bonds. The molecule has 6 heteroatoms. The molecule has 4 aromatic rings. The Morgan fingerprint density at radius 1 is 1.24 bits per heavy atom. The topological polar surface area (TPSA) is 68.7 Å². The molecule has 0 bridgehead atoms. The van der Waals surface area contributed by atoms with Crippen molar-refractivity contribution in [1.29, 1.82) is 0 Å². The summed E-state index contributed by atoms with van der Waals surface area (Å²) in [5.74, 6) is -0.0868. The number of aryl methyl sites for hydroxylation is 1. The number of carboxylic acid groups (broad SMARTS) is 1. The highest BCUT2D eigenvalue weighted by Gasteiger charge is 2.34. The van der Waals surface area contributed by atoms with Gasteiger partial charge in [0.25, 0.3) is 0 Å². The summed E-state index contributed by atoms with van der Waals surface area (Å²) in [4.78, 5) is 17.3. The number of carbonyl (C=O) groups is 1. The van der Waals surface area contributed by atoms with E-state index in [-0.39, 0.29) is 5.88 Å². The number of aromatic nitrogens is 1. The number of alkyl halides is 1. The summed E-state index contributed by atoms with van der Waals surface area (Å²) in [6, 6.07) is 16.0. The highest BCUT2D eigenvalue weighted by Crippen LogP contribution is 2.45. The van der Waals surface area contributed by atoms with Gasteiger partial charge in [0, 0.05) is 29.1 Å². The molecule has 1 atom stereocenters. The lowest BCUT2D eigenvalue weighted by Gasteiger charge is -2.30. The fourth-order valence-electron chi connectivity index (χ4n) is 4.82. The maximum absolute atomic E-state index is 12.6. The van der Waals surface area contributed by atoms with Crippen LogP contribution in [0.25, 0.3) is 32.8 Å². The summed E-state index contributed by atoms with van der Waals surface area (Å²) in [6.07, 6.45) is 1.42. The second kappa shape index (κ2) is 8.57. The molecule has 0 fully saturated rings. The molecule has 174 valence electrons. The van der Waals surface area contributed by atoms with Gasteiger partial charge in [-0.2, -0.15) is 0 Å². The Morgan fingerprint density at radius 2 is 2.03 bits per heavy atom. The van der Waals surface area contributed by atoms with E-state index >= 15 is 0 Å². The third-order valence-electron chi connectivity index (χ3n) is 6.38. The Hall–Kier alpha value is -3.15. The fraction of sp³-hybridized carbons (Fsp3) is 0.286. The molecule has 0 unspecified atom stereocenters. The molecule has 1 aromatic heterocycles. The zero-order valence-electron chi connectivity index (χ0n) is 19.4. The van der Waals surface area contributed by atoms with Crippen molar-refractivity contribution in [2.24, 2.45) is 0 Å². The smallest absolute Gasteiger partial charge is 0.337 e. The van der Waals surface area contributed by atoms with Crippen molar-refractivity contribution in [3.63, 3.8) is 0 Å². The van der Waals surface area contributed by atoms with E-state index < -0.39 is 17.7 Å². The Bertz CT molecular complexity index is 1420. The van der Waals surface area contributed by atoms with Crippen LogP contribution in [0.15, 0.2) is 54.7 Å². The molecule has 0 radical (unpaired) electrons. The standard InChI is InChI=1S/C28H26ClNO4/c1-16-14-18-6-4-5-7-19(18)24(22(16)26(27(31)32)34-28(2,3)15-29)20-8-9-21-23-17(11-13-33-21)10-12-30-25(20)23/h4-10,12,14,26H,11,13,15H2,1-3H3,(H,31,32)/t26-/m1/s1. The monoisotopic (exact) mass is 475 g/mol. The molecule has 2 heterocycles. The molecule has 34 heavy (non-hydrogen) atoms. The highest BCUT2D eigenvalue weighted by atomic mass is 35.5. The number of benzene rings is 3. The summed E-state index contributed by atoms with van der Waals surface area (Å²) >= 11 is 6.11. The average molecular weight is 476 g/mol. The van der Waals surface area contributed by atoms with E-state index in [2.05, 4.69) is 0 Å². The number of nitrogens with zero attached hydrogens (tertiary/aromatic N) is 1. The number of halogens is 1. The summed E-state index contributed by atoms with van der Waals surface area (Å²) in [5.41, 5.74) is 4.28. The number of hydrogen-bond donors (Lipinski definition) is 1. The molecule has 0 saturated heterocycles. The molecule has 5 nitrogen and oxygen atoms in total. The molecule has 1 aliphatic heterocycles. The van der Waals surface area contributed by atoms with Gasteiger partial charge in [0.1, 0.15) is 5.75 Å². The summed E-state index contributed by atoms with van der Waals surface area (Å²) in [7, 11) is 0. The summed E-state index contributed by atoms with van der Waals surface area (Å²) < 4.78 is 12.1. The number of aliphatic carboxylic acids is 1. The molecule has 1 aliphatic rings. The van der Waals surface area contributed by atoms with Crippen molar-refractivity contribution in [2.45, 2.75) is 38.9 Å². The van der Waals surface area contributed by atoms with Crippen LogP contribution >= 0.6 is 11.6 Å². The predicted molar refractivity (Wildman–Crippen MR) is 135 cm³/mol. The van der Waals surface area contributed by atoms with Crippen LogP contribution in [0.5, 0.6) is 5.75 Å². The van der Waals surface area contributed by atoms with Gasteiger partial charge in [0.2, 0.25) is 0 Å². The van der Waals surface area contributed by atoms with Gasteiger partial charge in [0.15, 0.2) is 6.10 Å². The third-order valence-corrected chi connectivity index (χ3v) is 7.02. The molecular formula is C28H26ClNO4. The molecule has 0 aliphatic carbocycles. The van der Waals surface area contributed by atoms with E-state index in [0.717, 1.165) is 50.5 Å². The lowest BCUT2D eigenvalue weighted by atomic mass is 9.85. The Kier molecular flexibility index (Phi) is 5.70. The molecule has 0 saturated carbocycles. The zero-order valence-corrected chi connectivity index (χ0v) is 20.1. The van der Waals surface area contributed by atoms with E-state index in [1.54, 1.807) is 13.8 Å². The van der Waals surface area contributed by atoms with Gasteiger partial charge in [-0.25, -0.2) is 4.79 Å². The maximum Gasteiger partial charge on any atom is 0.337 e. The first kappa shape index (κ1) is 22.6. The van der Waals surface area contributed by atoms with Crippen molar-refractivity contribution >= 4 is 39.2 Å². The van der Waals surface area contributed by atoms with Gasteiger partial charge in [-0.15, -0.1) is 11.6 Å². The van der Waals surface area contributed by atoms with Crippen LogP contribution in [0.2, 0.25) is 0 Å². The van der Waals surface area contributed by atoms with Gasteiger partial charge in [-0.05, 0) is 66.4 Å². The van der Waals surface area contributed by atoms with Crippen molar-refractivity contribution < 1.29 is 19.4 Å². The van der Waals surface area contributed by atoms with Crippen molar-refractivity contribution in [2.75, 3.05) is 12.5 Å². The first-order valence-corrected chi connectivity index (χ1v) is 11.9. The Morgan fingerprint density at radius 3 is 2.79 bits per heavy atom. The van der Waals surface area contributed by atoms with Crippen LogP contribution in [0.1, 0.15) is 36.6 Å². The van der Waals surface area contributed by atoms with Crippen LogP contribution in [0, 0.1) is 6.92 Å². The third kappa shape index (κ3) is 3.79. The molecule has 5 rings (SSSR count). The van der Waals surface area contributed by atoms with Crippen molar-refractivity contribution in [1.82, 2.24) is 4.98 Å². The lowest BCUT2D eigenvalue weighted by Crippen LogP contribution is -2.32. The van der Waals surface area contributed by atoms with Gasteiger partial charge in [-0.3, -0.25) is 4.98 Å². The molecular weight excluding hydrogens is 450 g/mol. The van der Waals surface area contributed by atoms with Crippen LogP contribution in [-0.4, -0.2) is 34.1 Å². The number of carboxylic acids is 1. The second-order valence-electron chi connectivity index (χ2n) is 9.34. The minimum absolute atomic E-state index is 0.165. The number of fused-ring (bicyclic) bond motifs is 1. The largest absolute Gasteiger partial charge is 0.493 e. The number of ether oxygens (including phenoxy) is 2. The first-order chi connectivity index (χ1) is 16.3. The van der Waals surface area contributed by atoms with Crippen molar-refractivity contribution in [3.8, 4) is 16.9 Å². The Balaban J connectivity index is 1.88.